The Balaban J connectivity index is 1.70. The number of Topliss-reactive ketones (excluding diaryl/α,β-unsaturated/α-hetero) is 1. The minimum atomic E-state index is -3.54. The molecule has 0 radical (unpaired) electrons. The maximum Gasteiger partial charge on any atom is 0.243 e. The van der Waals surface area contributed by atoms with Crippen LogP contribution < -0.4 is 0 Å². The number of sulfonamides is 1. The predicted octanol–water partition coefficient (Wildman–Crippen LogP) is 3.68. The van der Waals surface area contributed by atoms with Gasteiger partial charge in [0.25, 0.3) is 0 Å². The summed E-state index contributed by atoms with van der Waals surface area (Å²) in [5, 5.41) is 0. The van der Waals surface area contributed by atoms with Gasteiger partial charge in [0.2, 0.25) is 10.0 Å². The SMILES string of the molecule is COC(c1ccccc1)C1CCN(S(=O)(=O)c2ccc(C(C)=O)cc2)CC1. The van der Waals surface area contributed by atoms with Crippen molar-refractivity contribution in [3.8, 4) is 0 Å². The van der Waals surface area contributed by atoms with E-state index in [1.165, 1.54) is 23.4 Å². The highest BCUT2D eigenvalue weighted by Gasteiger charge is 2.33. The van der Waals surface area contributed by atoms with Gasteiger partial charge in [0.05, 0.1) is 11.0 Å². The average molecular weight is 388 g/mol. The van der Waals surface area contributed by atoms with Crippen molar-refractivity contribution in [1.29, 1.82) is 0 Å². The second kappa shape index (κ2) is 8.33. The smallest absolute Gasteiger partial charge is 0.243 e. The van der Waals surface area contributed by atoms with E-state index < -0.39 is 10.0 Å². The Morgan fingerprint density at radius 2 is 1.63 bits per heavy atom. The molecule has 1 fully saturated rings. The Morgan fingerprint density at radius 1 is 1.04 bits per heavy atom. The van der Waals surface area contributed by atoms with Crippen molar-refractivity contribution in [3.05, 3.63) is 65.7 Å². The number of benzene rings is 2. The third kappa shape index (κ3) is 4.29. The third-order valence-electron chi connectivity index (χ3n) is 5.21. The standard InChI is InChI=1S/C21H25NO4S/c1-16(23)17-8-10-20(11-9-17)27(24,25)22-14-12-19(13-15-22)21(26-2)18-6-4-3-5-7-18/h3-11,19,21H,12-15H2,1-2H3. The molecule has 1 aliphatic heterocycles. The molecule has 27 heavy (non-hydrogen) atoms. The van der Waals surface area contributed by atoms with Gasteiger partial charge in [0.15, 0.2) is 5.78 Å². The van der Waals surface area contributed by atoms with Crippen molar-refractivity contribution in [2.24, 2.45) is 5.92 Å². The van der Waals surface area contributed by atoms with Gasteiger partial charge in [-0.3, -0.25) is 4.79 Å². The molecule has 0 aliphatic carbocycles. The molecule has 3 rings (SSSR count). The molecular formula is C21H25NO4S. The molecule has 2 aromatic carbocycles. The van der Waals surface area contributed by atoms with Gasteiger partial charge in [-0.1, -0.05) is 42.5 Å². The monoisotopic (exact) mass is 387 g/mol. The van der Waals surface area contributed by atoms with Crippen molar-refractivity contribution < 1.29 is 17.9 Å². The molecule has 0 spiro atoms. The molecule has 1 saturated heterocycles. The lowest BCUT2D eigenvalue weighted by atomic mass is 9.88. The van der Waals surface area contributed by atoms with Gasteiger partial charge in [-0.05, 0) is 43.4 Å². The topological polar surface area (TPSA) is 63.7 Å². The van der Waals surface area contributed by atoms with Gasteiger partial charge in [-0.2, -0.15) is 4.31 Å². The fraction of sp³-hybridized carbons (Fsp3) is 0.381. The van der Waals surface area contributed by atoms with Gasteiger partial charge < -0.3 is 4.74 Å². The molecule has 0 saturated carbocycles. The van der Waals surface area contributed by atoms with Crippen molar-refractivity contribution in [3.63, 3.8) is 0 Å². The summed E-state index contributed by atoms with van der Waals surface area (Å²) in [6.07, 6.45) is 1.47. The number of hydrogen-bond acceptors (Lipinski definition) is 4. The Labute approximate surface area is 161 Å². The fourth-order valence-electron chi connectivity index (χ4n) is 3.67. The van der Waals surface area contributed by atoms with Gasteiger partial charge in [0, 0.05) is 25.8 Å². The van der Waals surface area contributed by atoms with Crippen LogP contribution in [0.5, 0.6) is 0 Å². The lowest BCUT2D eigenvalue weighted by Crippen LogP contribution is -2.40. The van der Waals surface area contributed by atoms with Crippen LogP contribution >= 0.6 is 0 Å². The van der Waals surface area contributed by atoms with E-state index in [0.29, 0.717) is 18.7 Å². The van der Waals surface area contributed by atoms with E-state index in [2.05, 4.69) is 0 Å². The van der Waals surface area contributed by atoms with Crippen LogP contribution in [-0.2, 0) is 14.8 Å². The number of carbonyl (C=O) groups excluding carboxylic acids is 1. The van der Waals surface area contributed by atoms with E-state index >= 15 is 0 Å². The van der Waals surface area contributed by atoms with Crippen LogP contribution in [0.15, 0.2) is 59.5 Å². The number of hydrogen-bond donors (Lipinski definition) is 0. The Morgan fingerprint density at radius 3 is 2.15 bits per heavy atom. The number of ether oxygens (including phenoxy) is 1. The minimum Gasteiger partial charge on any atom is -0.376 e. The second-order valence-electron chi connectivity index (χ2n) is 6.89. The molecule has 2 aromatic rings. The fourth-order valence-corrected chi connectivity index (χ4v) is 5.14. The molecule has 1 unspecified atom stereocenters. The van der Waals surface area contributed by atoms with Crippen molar-refractivity contribution in [2.45, 2.75) is 30.8 Å². The maximum atomic E-state index is 12.9. The van der Waals surface area contributed by atoms with E-state index in [1.807, 2.05) is 30.3 Å². The molecule has 0 amide bonds. The van der Waals surface area contributed by atoms with E-state index in [4.69, 9.17) is 4.74 Å². The zero-order chi connectivity index (χ0) is 19.4. The van der Waals surface area contributed by atoms with Crippen molar-refractivity contribution in [2.75, 3.05) is 20.2 Å². The number of piperidine rings is 1. The summed E-state index contributed by atoms with van der Waals surface area (Å²) in [6, 6.07) is 16.2. The first kappa shape index (κ1) is 19.7. The van der Waals surface area contributed by atoms with Gasteiger partial charge >= 0.3 is 0 Å². The molecular weight excluding hydrogens is 362 g/mol. The van der Waals surface area contributed by atoms with Crippen LogP contribution in [0, 0.1) is 5.92 Å². The summed E-state index contributed by atoms with van der Waals surface area (Å²) in [4.78, 5) is 11.6. The highest BCUT2D eigenvalue weighted by atomic mass is 32.2. The maximum absolute atomic E-state index is 12.9. The third-order valence-corrected chi connectivity index (χ3v) is 7.12. The van der Waals surface area contributed by atoms with Crippen molar-refractivity contribution in [1.82, 2.24) is 4.31 Å². The molecule has 5 nitrogen and oxygen atoms in total. The molecule has 6 heteroatoms. The van der Waals surface area contributed by atoms with Crippen LogP contribution in [-0.4, -0.2) is 38.7 Å². The van der Waals surface area contributed by atoms with E-state index in [9.17, 15) is 13.2 Å². The summed E-state index contributed by atoms with van der Waals surface area (Å²) in [6.45, 7) is 2.40. The highest BCUT2D eigenvalue weighted by molar-refractivity contribution is 7.89. The molecule has 1 heterocycles. The number of nitrogens with zero attached hydrogens (tertiary/aromatic N) is 1. The van der Waals surface area contributed by atoms with E-state index in [1.54, 1.807) is 19.2 Å². The average Bonchev–Trinajstić information content (AvgIpc) is 2.70. The largest absolute Gasteiger partial charge is 0.376 e. The van der Waals surface area contributed by atoms with Crippen LogP contribution in [0.1, 0.15) is 41.8 Å². The van der Waals surface area contributed by atoms with Crippen LogP contribution in [0.25, 0.3) is 0 Å². The van der Waals surface area contributed by atoms with Crippen LogP contribution in [0.3, 0.4) is 0 Å². The zero-order valence-corrected chi connectivity index (χ0v) is 16.5. The first-order valence-corrected chi connectivity index (χ1v) is 10.6. The summed E-state index contributed by atoms with van der Waals surface area (Å²) in [5.41, 5.74) is 1.64. The van der Waals surface area contributed by atoms with Crippen molar-refractivity contribution >= 4 is 15.8 Å². The minimum absolute atomic E-state index is 0.0223. The second-order valence-corrected chi connectivity index (χ2v) is 8.83. The number of carbonyl (C=O) groups is 1. The number of rotatable bonds is 6. The summed E-state index contributed by atoms with van der Waals surface area (Å²) in [7, 11) is -1.84. The highest BCUT2D eigenvalue weighted by Crippen LogP contribution is 2.34. The first-order valence-electron chi connectivity index (χ1n) is 9.12. The molecule has 0 N–H and O–H groups in total. The number of ketones is 1. The van der Waals surface area contributed by atoms with Crippen LogP contribution in [0.2, 0.25) is 0 Å². The predicted molar refractivity (Wildman–Crippen MR) is 104 cm³/mol. The lowest BCUT2D eigenvalue weighted by molar-refractivity contribution is 0.0303. The molecule has 1 atom stereocenters. The number of methoxy groups -OCH3 is 1. The first-order chi connectivity index (χ1) is 12.9. The lowest BCUT2D eigenvalue weighted by Gasteiger charge is -2.35. The van der Waals surface area contributed by atoms with E-state index in [-0.39, 0.29) is 22.7 Å². The summed E-state index contributed by atoms with van der Waals surface area (Å²) >= 11 is 0. The van der Waals surface area contributed by atoms with E-state index in [0.717, 1.165) is 18.4 Å². The summed E-state index contributed by atoms with van der Waals surface area (Å²) in [5.74, 6) is 0.204. The molecule has 144 valence electrons. The molecule has 0 aromatic heterocycles. The Hall–Kier alpha value is -2.02. The van der Waals surface area contributed by atoms with Crippen LogP contribution in [0.4, 0.5) is 0 Å². The van der Waals surface area contributed by atoms with Gasteiger partial charge in [-0.15, -0.1) is 0 Å². The summed E-state index contributed by atoms with van der Waals surface area (Å²) < 4.78 is 33.0. The normalized spacial score (nSPS) is 17.6. The zero-order valence-electron chi connectivity index (χ0n) is 15.7. The van der Waals surface area contributed by atoms with Gasteiger partial charge in [0.1, 0.15) is 0 Å². The molecule has 1 aliphatic rings. The Kier molecular flexibility index (Phi) is 6.09. The molecule has 0 bridgehead atoms. The Bertz CT molecular complexity index is 870. The quantitative estimate of drug-likeness (QED) is 0.710. The van der Waals surface area contributed by atoms with Gasteiger partial charge in [-0.25, -0.2) is 8.42 Å².